The molecule has 0 bridgehead atoms. The van der Waals surface area contributed by atoms with Gasteiger partial charge in [-0.2, -0.15) is 0 Å². The van der Waals surface area contributed by atoms with Gasteiger partial charge in [0.1, 0.15) is 11.9 Å². The van der Waals surface area contributed by atoms with Crippen molar-refractivity contribution in [3.63, 3.8) is 0 Å². The van der Waals surface area contributed by atoms with Gasteiger partial charge in [-0.15, -0.1) is 0 Å². The van der Waals surface area contributed by atoms with E-state index in [4.69, 9.17) is 16.0 Å². The summed E-state index contributed by atoms with van der Waals surface area (Å²) in [5.74, 6) is 0.521. The van der Waals surface area contributed by atoms with Crippen LogP contribution in [0.3, 0.4) is 0 Å². The van der Waals surface area contributed by atoms with Crippen LogP contribution in [0.4, 0.5) is 0 Å². The summed E-state index contributed by atoms with van der Waals surface area (Å²) >= 11 is 6.13. The molecule has 3 rings (SSSR count). The summed E-state index contributed by atoms with van der Waals surface area (Å²) in [5, 5.41) is 12.2. The summed E-state index contributed by atoms with van der Waals surface area (Å²) < 4.78 is 5.77. The first-order valence-electron chi connectivity index (χ1n) is 6.91. The Hall–Kier alpha value is -1.77. The van der Waals surface area contributed by atoms with Gasteiger partial charge in [0.15, 0.2) is 5.58 Å². The number of hydrogen-bond acceptors (Lipinski definition) is 2. The minimum absolute atomic E-state index is 0.521. The van der Waals surface area contributed by atoms with E-state index in [1.165, 1.54) is 5.56 Å². The van der Waals surface area contributed by atoms with Crippen LogP contribution >= 0.6 is 11.6 Å². The van der Waals surface area contributed by atoms with Gasteiger partial charge in [0, 0.05) is 5.39 Å². The molecule has 0 aliphatic rings. The number of rotatable bonds is 2. The van der Waals surface area contributed by atoms with Crippen molar-refractivity contribution >= 4 is 22.6 Å². The van der Waals surface area contributed by atoms with E-state index >= 15 is 0 Å². The molecule has 2 aromatic carbocycles. The predicted molar refractivity (Wildman–Crippen MR) is 85.9 cm³/mol. The summed E-state index contributed by atoms with van der Waals surface area (Å²) in [6.45, 7) is 6.07. The van der Waals surface area contributed by atoms with Gasteiger partial charge in [-0.05, 0) is 49.6 Å². The second-order valence-corrected chi connectivity index (χ2v) is 5.93. The zero-order valence-corrected chi connectivity index (χ0v) is 13.0. The van der Waals surface area contributed by atoms with E-state index < -0.39 is 6.10 Å². The summed E-state index contributed by atoms with van der Waals surface area (Å²) in [6, 6.07) is 11.6. The number of aryl methyl sites for hydroxylation is 3. The molecule has 0 saturated heterocycles. The Morgan fingerprint density at radius 2 is 1.71 bits per heavy atom. The van der Waals surface area contributed by atoms with Gasteiger partial charge >= 0.3 is 0 Å². The SMILES string of the molecule is Cc1cc(C)c(C(O)c2cc3cccc(Cl)c3o2)c(C)c1. The first-order chi connectivity index (χ1) is 9.97. The minimum Gasteiger partial charge on any atom is -0.456 e. The average molecular weight is 301 g/mol. The van der Waals surface area contributed by atoms with Crippen LogP contribution in [0.25, 0.3) is 11.0 Å². The monoisotopic (exact) mass is 300 g/mol. The number of para-hydroxylation sites is 1. The topological polar surface area (TPSA) is 33.4 Å². The molecule has 0 aliphatic carbocycles. The predicted octanol–water partition coefficient (Wildman–Crippen LogP) is 5.09. The molecular weight excluding hydrogens is 284 g/mol. The Bertz CT molecular complexity index is 794. The van der Waals surface area contributed by atoms with Gasteiger partial charge in [0.05, 0.1) is 5.02 Å². The fraction of sp³-hybridized carbons (Fsp3) is 0.222. The van der Waals surface area contributed by atoms with Gasteiger partial charge in [-0.3, -0.25) is 0 Å². The molecule has 0 saturated carbocycles. The lowest BCUT2D eigenvalue weighted by Crippen LogP contribution is -2.04. The second kappa shape index (κ2) is 5.21. The number of aliphatic hydroxyl groups is 1. The van der Waals surface area contributed by atoms with Crippen molar-refractivity contribution < 1.29 is 9.52 Å². The highest BCUT2D eigenvalue weighted by Crippen LogP contribution is 2.34. The summed E-state index contributed by atoms with van der Waals surface area (Å²) in [5.41, 5.74) is 4.83. The van der Waals surface area contributed by atoms with Crippen LogP contribution in [0.5, 0.6) is 0 Å². The van der Waals surface area contributed by atoms with Crippen LogP contribution in [0, 0.1) is 20.8 Å². The van der Waals surface area contributed by atoms with E-state index in [0.29, 0.717) is 16.4 Å². The fourth-order valence-corrected chi connectivity index (χ4v) is 3.17. The van der Waals surface area contributed by atoms with E-state index in [2.05, 4.69) is 19.1 Å². The first kappa shape index (κ1) is 14.2. The van der Waals surface area contributed by atoms with Crippen LogP contribution in [-0.2, 0) is 0 Å². The number of benzene rings is 2. The molecule has 0 radical (unpaired) electrons. The molecule has 3 aromatic rings. The number of hydrogen-bond donors (Lipinski definition) is 1. The van der Waals surface area contributed by atoms with Crippen molar-refractivity contribution in [2.75, 3.05) is 0 Å². The van der Waals surface area contributed by atoms with E-state index in [1.807, 2.05) is 32.0 Å². The molecule has 1 N–H and O–H groups in total. The van der Waals surface area contributed by atoms with Crippen LogP contribution in [-0.4, -0.2) is 5.11 Å². The Morgan fingerprint density at radius 1 is 1.05 bits per heavy atom. The van der Waals surface area contributed by atoms with Gasteiger partial charge in [-0.25, -0.2) is 0 Å². The van der Waals surface area contributed by atoms with Crippen LogP contribution < -0.4 is 0 Å². The summed E-state index contributed by atoms with van der Waals surface area (Å²) in [4.78, 5) is 0. The Morgan fingerprint density at radius 3 is 2.33 bits per heavy atom. The number of halogens is 1. The highest BCUT2D eigenvalue weighted by molar-refractivity contribution is 6.34. The zero-order valence-electron chi connectivity index (χ0n) is 12.3. The molecular formula is C18H17ClO2. The van der Waals surface area contributed by atoms with Crippen molar-refractivity contribution in [3.8, 4) is 0 Å². The van der Waals surface area contributed by atoms with E-state index in [0.717, 1.165) is 22.1 Å². The minimum atomic E-state index is -0.783. The molecule has 3 heteroatoms. The van der Waals surface area contributed by atoms with Gasteiger partial charge < -0.3 is 9.52 Å². The van der Waals surface area contributed by atoms with Gasteiger partial charge in [-0.1, -0.05) is 41.4 Å². The highest BCUT2D eigenvalue weighted by Gasteiger charge is 2.20. The Labute approximate surface area is 129 Å². The fourth-order valence-electron chi connectivity index (χ4n) is 2.95. The largest absolute Gasteiger partial charge is 0.456 e. The number of fused-ring (bicyclic) bond motifs is 1. The third kappa shape index (κ3) is 2.45. The lowest BCUT2D eigenvalue weighted by molar-refractivity contribution is 0.191. The zero-order chi connectivity index (χ0) is 15.1. The molecule has 1 aromatic heterocycles. The van der Waals surface area contributed by atoms with Crippen molar-refractivity contribution in [2.24, 2.45) is 0 Å². The molecule has 1 unspecified atom stereocenters. The smallest absolute Gasteiger partial charge is 0.153 e. The third-order valence-corrected chi connectivity index (χ3v) is 4.09. The maximum absolute atomic E-state index is 10.7. The quantitative estimate of drug-likeness (QED) is 0.715. The average Bonchev–Trinajstić information content (AvgIpc) is 2.82. The van der Waals surface area contributed by atoms with Crippen molar-refractivity contribution in [1.82, 2.24) is 0 Å². The van der Waals surface area contributed by atoms with Crippen molar-refractivity contribution in [2.45, 2.75) is 26.9 Å². The molecule has 2 nitrogen and oxygen atoms in total. The molecule has 21 heavy (non-hydrogen) atoms. The molecule has 108 valence electrons. The second-order valence-electron chi connectivity index (χ2n) is 5.52. The van der Waals surface area contributed by atoms with Gasteiger partial charge in [0.2, 0.25) is 0 Å². The van der Waals surface area contributed by atoms with E-state index in [9.17, 15) is 5.11 Å². The molecule has 0 amide bonds. The molecule has 1 heterocycles. The number of furan rings is 1. The standard InChI is InChI=1S/C18H17ClO2/c1-10-7-11(2)16(12(3)8-10)17(20)15-9-13-5-4-6-14(19)18(13)21-15/h4-9,17,20H,1-3H3. The third-order valence-electron chi connectivity index (χ3n) is 3.80. The maximum atomic E-state index is 10.7. The Balaban J connectivity index is 2.12. The van der Waals surface area contributed by atoms with Gasteiger partial charge in [0.25, 0.3) is 0 Å². The normalized spacial score (nSPS) is 12.8. The summed E-state index contributed by atoms with van der Waals surface area (Å²) in [7, 11) is 0. The van der Waals surface area contributed by atoms with E-state index in [1.54, 1.807) is 6.07 Å². The van der Waals surface area contributed by atoms with E-state index in [-0.39, 0.29) is 0 Å². The first-order valence-corrected chi connectivity index (χ1v) is 7.29. The lowest BCUT2D eigenvalue weighted by Gasteiger charge is -2.15. The van der Waals surface area contributed by atoms with Crippen LogP contribution in [0.1, 0.15) is 34.1 Å². The Kier molecular flexibility index (Phi) is 3.52. The molecule has 0 fully saturated rings. The van der Waals surface area contributed by atoms with Crippen LogP contribution in [0.15, 0.2) is 40.8 Å². The molecule has 0 spiro atoms. The lowest BCUT2D eigenvalue weighted by atomic mass is 9.94. The number of aliphatic hydroxyl groups excluding tert-OH is 1. The van der Waals surface area contributed by atoms with Crippen molar-refractivity contribution in [3.05, 3.63) is 69.4 Å². The van der Waals surface area contributed by atoms with Crippen molar-refractivity contribution in [1.29, 1.82) is 0 Å². The van der Waals surface area contributed by atoms with Crippen LogP contribution in [0.2, 0.25) is 5.02 Å². The maximum Gasteiger partial charge on any atom is 0.153 e. The molecule has 0 aliphatic heterocycles. The summed E-state index contributed by atoms with van der Waals surface area (Å²) in [6.07, 6.45) is -0.783. The molecule has 1 atom stereocenters. The highest BCUT2D eigenvalue weighted by atomic mass is 35.5.